The van der Waals surface area contributed by atoms with Crippen molar-refractivity contribution in [3.8, 4) is 0 Å². The zero-order chi connectivity index (χ0) is 25.1. The molecule has 188 valence electrons. The molecule has 0 N–H and O–H groups in total. The molecule has 2 rings (SSSR count). The molecular formula is C27H40ClN3O3. The molecule has 0 aliphatic heterocycles. The second-order valence-electron chi connectivity index (χ2n) is 9.35. The summed E-state index contributed by atoms with van der Waals surface area (Å²) in [6.07, 6.45) is 2.73. The molecule has 0 saturated carbocycles. The molecular weight excluding hydrogens is 450 g/mol. The number of aromatic nitrogens is 1. The summed E-state index contributed by atoms with van der Waals surface area (Å²) in [5.41, 5.74) is 2.07. The highest BCUT2D eigenvalue weighted by molar-refractivity contribution is 6.31. The molecule has 0 aliphatic rings. The average Bonchev–Trinajstić information content (AvgIpc) is 3.22. The van der Waals surface area contributed by atoms with E-state index in [9.17, 15) is 9.59 Å². The molecule has 0 saturated heterocycles. The van der Waals surface area contributed by atoms with Crippen molar-refractivity contribution in [3.05, 3.63) is 58.9 Å². The number of amides is 2. The molecule has 1 heterocycles. The van der Waals surface area contributed by atoms with Gasteiger partial charge in [0.1, 0.15) is 0 Å². The first-order valence-corrected chi connectivity index (χ1v) is 12.6. The van der Waals surface area contributed by atoms with Gasteiger partial charge in [0.15, 0.2) is 0 Å². The third-order valence-corrected chi connectivity index (χ3v) is 5.93. The number of benzene rings is 1. The van der Waals surface area contributed by atoms with Gasteiger partial charge in [-0.1, -0.05) is 57.5 Å². The first kappa shape index (κ1) is 27.9. The van der Waals surface area contributed by atoms with Crippen molar-refractivity contribution >= 4 is 23.4 Å². The van der Waals surface area contributed by atoms with E-state index in [1.807, 2.05) is 68.3 Å². The lowest BCUT2D eigenvalue weighted by Crippen LogP contribution is -2.45. The van der Waals surface area contributed by atoms with E-state index in [-0.39, 0.29) is 24.3 Å². The van der Waals surface area contributed by atoms with Crippen molar-refractivity contribution in [2.75, 3.05) is 32.8 Å². The van der Waals surface area contributed by atoms with Gasteiger partial charge in [0.05, 0.1) is 13.1 Å². The van der Waals surface area contributed by atoms with Crippen LogP contribution in [0.2, 0.25) is 5.02 Å². The van der Waals surface area contributed by atoms with Gasteiger partial charge in [0.25, 0.3) is 0 Å². The molecule has 0 atom stereocenters. The summed E-state index contributed by atoms with van der Waals surface area (Å²) < 4.78 is 7.55. The molecule has 1 aromatic heterocycles. The van der Waals surface area contributed by atoms with E-state index >= 15 is 0 Å². The molecule has 0 spiro atoms. The van der Waals surface area contributed by atoms with Gasteiger partial charge in [0.2, 0.25) is 11.8 Å². The van der Waals surface area contributed by atoms with Crippen LogP contribution in [0.5, 0.6) is 0 Å². The molecule has 2 aromatic rings. The standard InChI is InChI=1S/C27H40ClN3O3/c1-6-34-16-10-15-30(27(33)22(4)5)20-26(32)31(17-21(2)3)19-24-12-9-14-29(24)18-23-11-7-8-13-25(23)28/h7-9,11-14,21-22H,6,10,15-20H2,1-5H3. The number of carbonyl (C=O) groups excluding carboxylic acids is 2. The Morgan fingerprint density at radius 1 is 1.06 bits per heavy atom. The maximum absolute atomic E-state index is 13.4. The lowest BCUT2D eigenvalue weighted by Gasteiger charge is -2.30. The second-order valence-corrected chi connectivity index (χ2v) is 9.76. The van der Waals surface area contributed by atoms with Crippen molar-refractivity contribution < 1.29 is 14.3 Å². The zero-order valence-electron chi connectivity index (χ0n) is 21.3. The Bertz CT molecular complexity index is 910. The lowest BCUT2D eigenvalue weighted by molar-refractivity contribution is -0.143. The number of rotatable bonds is 14. The van der Waals surface area contributed by atoms with E-state index in [2.05, 4.69) is 18.4 Å². The fourth-order valence-electron chi connectivity index (χ4n) is 3.85. The van der Waals surface area contributed by atoms with Crippen molar-refractivity contribution in [1.29, 1.82) is 0 Å². The van der Waals surface area contributed by atoms with Crippen molar-refractivity contribution in [3.63, 3.8) is 0 Å². The topological polar surface area (TPSA) is 54.8 Å². The van der Waals surface area contributed by atoms with Gasteiger partial charge in [-0.25, -0.2) is 0 Å². The number of nitrogens with zero attached hydrogens (tertiary/aromatic N) is 3. The van der Waals surface area contributed by atoms with E-state index in [0.29, 0.717) is 51.7 Å². The highest BCUT2D eigenvalue weighted by Gasteiger charge is 2.24. The van der Waals surface area contributed by atoms with Gasteiger partial charge in [0, 0.05) is 55.7 Å². The van der Waals surface area contributed by atoms with Gasteiger partial charge in [-0.15, -0.1) is 0 Å². The highest BCUT2D eigenvalue weighted by atomic mass is 35.5. The molecule has 0 unspecified atom stereocenters. The van der Waals surface area contributed by atoms with Crippen LogP contribution >= 0.6 is 11.6 Å². The van der Waals surface area contributed by atoms with Crippen LogP contribution in [0, 0.1) is 11.8 Å². The summed E-state index contributed by atoms with van der Waals surface area (Å²) in [6, 6.07) is 11.8. The van der Waals surface area contributed by atoms with Crippen LogP contribution < -0.4 is 0 Å². The van der Waals surface area contributed by atoms with Gasteiger partial charge < -0.3 is 19.1 Å². The first-order valence-electron chi connectivity index (χ1n) is 12.2. The van der Waals surface area contributed by atoms with Crippen LogP contribution in [0.15, 0.2) is 42.6 Å². The summed E-state index contributed by atoms with van der Waals surface area (Å²) in [5, 5.41) is 0.729. The van der Waals surface area contributed by atoms with E-state index in [4.69, 9.17) is 16.3 Å². The van der Waals surface area contributed by atoms with Gasteiger partial charge >= 0.3 is 0 Å². The third kappa shape index (κ3) is 8.80. The van der Waals surface area contributed by atoms with Gasteiger partial charge in [-0.05, 0) is 43.0 Å². The number of hydrogen-bond donors (Lipinski definition) is 0. The largest absolute Gasteiger partial charge is 0.382 e. The summed E-state index contributed by atoms with van der Waals surface area (Å²) in [6.45, 7) is 13.5. The molecule has 1 aromatic carbocycles. The molecule has 6 nitrogen and oxygen atoms in total. The summed E-state index contributed by atoms with van der Waals surface area (Å²) in [5.74, 6) is 0.107. The van der Waals surface area contributed by atoms with Crippen molar-refractivity contribution in [2.45, 2.75) is 54.1 Å². The van der Waals surface area contributed by atoms with Crippen LogP contribution in [0.25, 0.3) is 0 Å². The van der Waals surface area contributed by atoms with Gasteiger partial charge in [-0.3, -0.25) is 9.59 Å². The fourth-order valence-corrected chi connectivity index (χ4v) is 4.04. The van der Waals surface area contributed by atoms with Gasteiger partial charge in [-0.2, -0.15) is 0 Å². The number of hydrogen-bond acceptors (Lipinski definition) is 3. The first-order chi connectivity index (χ1) is 16.2. The Hall–Kier alpha value is -2.31. The molecule has 34 heavy (non-hydrogen) atoms. The van der Waals surface area contributed by atoms with Crippen LogP contribution in [0.4, 0.5) is 0 Å². The maximum atomic E-state index is 13.4. The van der Waals surface area contributed by atoms with Crippen LogP contribution in [0.1, 0.15) is 52.3 Å². The molecule has 0 aliphatic carbocycles. The van der Waals surface area contributed by atoms with E-state index in [0.717, 1.165) is 16.3 Å². The minimum absolute atomic E-state index is 0.00330. The molecule has 2 amide bonds. The number of halogens is 1. The lowest BCUT2D eigenvalue weighted by atomic mass is 10.1. The molecule has 0 radical (unpaired) electrons. The van der Waals surface area contributed by atoms with E-state index < -0.39 is 0 Å². The van der Waals surface area contributed by atoms with Crippen LogP contribution in [0.3, 0.4) is 0 Å². The van der Waals surface area contributed by atoms with Crippen molar-refractivity contribution in [2.24, 2.45) is 11.8 Å². The predicted octanol–water partition coefficient (Wildman–Crippen LogP) is 5.09. The smallest absolute Gasteiger partial charge is 0.242 e. The number of ether oxygens (including phenoxy) is 1. The third-order valence-electron chi connectivity index (χ3n) is 5.57. The molecule has 0 bridgehead atoms. The monoisotopic (exact) mass is 489 g/mol. The Labute approximate surface area is 209 Å². The average molecular weight is 490 g/mol. The Morgan fingerprint density at radius 3 is 2.44 bits per heavy atom. The highest BCUT2D eigenvalue weighted by Crippen LogP contribution is 2.19. The van der Waals surface area contributed by atoms with E-state index in [1.54, 1.807) is 4.90 Å². The predicted molar refractivity (Wildman–Crippen MR) is 138 cm³/mol. The summed E-state index contributed by atoms with van der Waals surface area (Å²) in [4.78, 5) is 29.8. The maximum Gasteiger partial charge on any atom is 0.242 e. The number of carbonyl (C=O) groups is 2. The SMILES string of the molecule is CCOCCCN(CC(=O)N(Cc1cccn1Cc1ccccc1Cl)CC(C)C)C(=O)C(C)C. The van der Waals surface area contributed by atoms with E-state index in [1.165, 1.54) is 0 Å². The normalized spacial score (nSPS) is 11.3. The molecule has 7 heteroatoms. The summed E-state index contributed by atoms with van der Waals surface area (Å²) in [7, 11) is 0. The Balaban J connectivity index is 2.15. The van der Waals surface area contributed by atoms with Crippen LogP contribution in [-0.4, -0.2) is 59.0 Å². The molecule has 0 fully saturated rings. The summed E-state index contributed by atoms with van der Waals surface area (Å²) >= 11 is 6.37. The Kier molecular flexibility index (Phi) is 11.6. The van der Waals surface area contributed by atoms with Crippen molar-refractivity contribution in [1.82, 2.24) is 14.4 Å². The zero-order valence-corrected chi connectivity index (χ0v) is 22.1. The minimum atomic E-state index is -0.161. The second kappa shape index (κ2) is 14.2. The fraction of sp³-hybridized carbons (Fsp3) is 0.556. The quantitative estimate of drug-likeness (QED) is 0.347. The Morgan fingerprint density at radius 2 is 1.79 bits per heavy atom. The minimum Gasteiger partial charge on any atom is -0.382 e. The van der Waals surface area contributed by atoms with Crippen LogP contribution in [-0.2, 0) is 27.4 Å².